The maximum atomic E-state index is 10.7. The van der Waals surface area contributed by atoms with Gasteiger partial charge in [0.25, 0.3) is 0 Å². The lowest BCUT2D eigenvalue weighted by Gasteiger charge is -2.30. The van der Waals surface area contributed by atoms with Gasteiger partial charge in [0, 0.05) is 0 Å². The van der Waals surface area contributed by atoms with Gasteiger partial charge < -0.3 is 46.7 Å². The van der Waals surface area contributed by atoms with Gasteiger partial charge in [-0.1, -0.05) is 0 Å². The second kappa shape index (κ2) is 11.4. The summed E-state index contributed by atoms with van der Waals surface area (Å²) in [6.07, 6.45) is -4.62. The van der Waals surface area contributed by atoms with Crippen LogP contribution in [0.15, 0.2) is 0 Å². The van der Waals surface area contributed by atoms with Crippen molar-refractivity contribution in [3.8, 4) is 0 Å². The van der Waals surface area contributed by atoms with Crippen molar-refractivity contribution >= 4 is 31.2 Å². The molecule has 0 fully saturated rings. The highest BCUT2D eigenvalue weighted by molar-refractivity contribution is 5.66. The molecule has 132 valence electrons. The average molecular weight is 338 g/mol. The molecule has 0 atom stereocenters. The third-order valence-electron chi connectivity index (χ3n) is 2.08. The summed E-state index contributed by atoms with van der Waals surface area (Å²) in [5.41, 5.74) is 17.8. The predicted molar refractivity (Wildman–Crippen MR) is 71.7 cm³/mol. The summed E-state index contributed by atoms with van der Waals surface area (Å²) < 4.78 is 18.2. The van der Waals surface area contributed by atoms with Crippen LogP contribution in [0.2, 0.25) is 0 Å². The molecule has 0 aliphatic carbocycles. The first kappa shape index (κ1) is 22.0. The summed E-state index contributed by atoms with van der Waals surface area (Å²) in [6, 6.07) is 0. The Labute approximate surface area is 130 Å². The molecule has 13 heteroatoms. The number of nitrogens with two attached hydrogens (primary N) is 4. The van der Waals surface area contributed by atoms with E-state index in [-0.39, 0.29) is 0 Å². The fourth-order valence-electron chi connectivity index (χ4n) is 1.15. The summed E-state index contributed by atoms with van der Waals surface area (Å²) in [5.74, 6) is 0. The van der Waals surface area contributed by atoms with Crippen LogP contribution in [0.5, 0.6) is 0 Å². The Hall–Kier alpha value is -3.25. The van der Waals surface area contributed by atoms with E-state index in [1.807, 2.05) is 6.79 Å². The molecule has 0 heterocycles. The van der Waals surface area contributed by atoms with Crippen molar-refractivity contribution in [2.24, 2.45) is 28.3 Å². The molecule has 4 amide bonds. The topological polar surface area (TPSA) is 226 Å². The molecule has 0 spiro atoms. The maximum absolute atomic E-state index is 10.7. The Morgan fingerprint density at radius 2 is 0.783 bits per heavy atom. The largest absolute Gasteiger partial charge is 0.449 e. The highest BCUT2D eigenvalue weighted by atomic mass is 16.6. The van der Waals surface area contributed by atoms with Crippen LogP contribution in [0.1, 0.15) is 0 Å². The van der Waals surface area contributed by atoms with Gasteiger partial charge in [0.15, 0.2) is 0 Å². The summed E-state index contributed by atoms with van der Waals surface area (Å²) in [7, 11) is 0. The Morgan fingerprint density at radius 1 is 0.609 bits per heavy atom. The summed E-state index contributed by atoms with van der Waals surface area (Å²) in [6.45, 7) is -0.0707. The van der Waals surface area contributed by atoms with Gasteiger partial charge in [-0.25, -0.2) is 19.2 Å². The van der Waals surface area contributed by atoms with Gasteiger partial charge in [-0.15, -0.1) is 0 Å². The van der Waals surface area contributed by atoms with E-state index in [1.54, 1.807) is 0 Å². The molecule has 23 heavy (non-hydrogen) atoms. The maximum Gasteiger partial charge on any atom is 0.404 e. The lowest BCUT2D eigenvalue weighted by atomic mass is 9.92. The van der Waals surface area contributed by atoms with E-state index < -0.39 is 56.2 Å². The lowest BCUT2D eigenvalue weighted by Crippen LogP contribution is -2.45. The zero-order valence-corrected chi connectivity index (χ0v) is 12.0. The number of amides is 4. The Balaban J connectivity index is 0. The molecule has 0 aliphatic heterocycles. The van der Waals surface area contributed by atoms with Crippen LogP contribution in [0.25, 0.3) is 0 Å². The second-order valence-electron chi connectivity index (χ2n) is 3.93. The minimum absolute atomic E-state index is 0.518. The van der Waals surface area contributed by atoms with Crippen LogP contribution in [0.4, 0.5) is 19.2 Å². The Kier molecular flexibility index (Phi) is 10.9. The van der Waals surface area contributed by atoms with Crippen molar-refractivity contribution in [1.29, 1.82) is 0 Å². The number of carbonyl (C=O) groups excluding carboxylic acids is 5. The van der Waals surface area contributed by atoms with Crippen LogP contribution < -0.4 is 22.9 Å². The molecule has 0 aromatic carbocycles. The highest BCUT2D eigenvalue weighted by Gasteiger charge is 2.37. The van der Waals surface area contributed by atoms with Gasteiger partial charge >= 0.3 is 24.4 Å². The molecule has 0 unspecified atom stereocenters. The third kappa shape index (κ3) is 12.2. The molecule has 0 aromatic rings. The number of rotatable bonds is 8. The fourth-order valence-corrected chi connectivity index (χ4v) is 1.15. The number of hydrogen-bond donors (Lipinski definition) is 4. The van der Waals surface area contributed by atoms with Gasteiger partial charge in [-0.2, -0.15) is 0 Å². The standard InChI is InChI=1S/C9H16N4O8.CH2O/c10-5(14)18-1-9(2-19-6(11)15,3-20-7(12)16)4-21-8(13)17;1-2/h1-4H2,(H2,10,14)(H2,11,15)(H2,12,16)(H2,13,17);1H2. The van der Waals surface area contributed by atoms with E-state index in [9.17, 15) is 19.2 Å². The molecule has 0 rings (SSSR count). The third-order valence-corrected chi connectivity index (χ3v) is 2.08. The number of primary amides is 4. The molecule has 8 N–H and O–H groups in total. The first-order valence-electron chi connectivity index (χ1n) is 5.65. The van der Waals surface area contributed by atoms with E-state index in [0.717, 1.165) is 0 Å². The van der Waals surface area contributed by atoms with Gasteiger partial charge in [0.05, 0.1) is 0 Å². The van der Waals surface area contributed by atoms with Crippen molar-refractivity contribution < 1.29 is 42.9 Å². The van der Waals surface area contributed by atoms with Crippen molar-refractivity contribution in [3.63, 3.8) is 0 Å². The minimum atomic E-state index is -1.46. The van der Waals surface area contributed by atoms with E-state index >= 15 is 0 Å². The number of ether oxygens (including phenoxy) is 4. The van der Waals surface area contributed by atoms with Crippen molar-refractivity contribution in [3.05, 3.63) is 0 Å². The molecule has 0 saturated carbocycles. The van der Waals surface area contributed by atoms with Gasteiger partial charge in [-0.3, -0.25) is 0 Å². The van der Waals surface area contributed by atoms with Gasteiger partial charge in [0.2, 0.25) is 0 Å². The van der Waals surface area contributed by atoms with Crippen LogP contribution in [-0.4, -0.2) is 57.6 Å². The van der Waals surface area contributed by atoms with Crippen molar-refractivity contribution in [1.82, 2.24) is 0 Å². The Bertz CT molecular complexity index is 351. The fraction of sp³-hybridized carbons (Fsp3) is 0.500. The number of carbonyl (C=O) groups is 5. The summed E-state index contributed by atoms with van der Waals surface area (Å²) in [4.78, 5) is 50.7. The molecular weight excluding hydrogens is 320 g/mol. The molecule has 0 bridgehead atoms. The molecule has 0 aliphatic rings. The van der Waals surface area contributed by atoms with Crippen LogP contribution >= 0.6 is 0 Å². The van der Waals surface area contributed by atoms with E-state index in [4.69, 9.17) is 27.7 Å². The first-order valence-corrected chi connectivity index (χ1v) is 5.65. The minimum Gasteiger partial charge on any atom is -0.449 e. The van der Waals surface area contributed by atoms with Crippen LogP contribution in [-0.2, 0) is 23.7 Å². The summed E-state index contributed by atoms with van der Waals surface area (Å²) >= 11 is 0. The SMILES string of the molecule is C=O.NC(=O)OCC(COC(N)=O)(COC(N)=O)COC(N)=O. The average Bonchev–Trinajstić information content (AvgIpc) is 2.47. The zero-order chi connectivity index (χ0) is 18.5. The van der Waals surface area contributed by atoms with E-state index in [1.165, 1.54) is 0 Å². The molecule has 0 saturated heterocycles. The van der Waals surface area contributed by atoms with Crippen LogP contribution in [0.3, 0.4) is 0 Å². The molecule has 13 nitrogen and oxygen atoms in total. The first-order chi connectivity index (χ1) is 10.7. The van der Waals surface area contributed by atoms with Crippen LogP contribution in [0, 0.1) is 5.41 Å². The highest BCUT2D eigenvalue weighted by Crippen LogP contribution is 2.20. The second-order valence-corrected chi connectivity index (χ2v) is 3.93. The van der Waals surface area contributed by atoms with E-state index in [2.05, 4.69) is 18.9 Å². The Morgan fingerprint density at radius 3 is 0.913 bits per heavy atom. The van der Waals surface area contributed by atoms with Crippen molar-refractivity contribution in [2.75, 3.05) is 26.4 Å². The van der Waals surface area contributed by atoms with Gasteiger partial charge in [-0.05, 0) is 0 Å². The molecule has 0 radical (unpaired) electrons. The lowest BCUT2D eigenvalue weighted by molar-refractivity contribution is -0.0980. The van der Waals surface area contributed by atoms with Crippen molar-refractivity contribution in [2.45, 2.75) is 0 Å². The quantitative estimate of drug-likeness (QED) is 0.364. The normalized spacial score (nSPS) is 9.57. The molecule has 0 aromatic heterocycles. The molecular formula is C10H18N4O9. The van der Waals surface area contributed by atoms with E-state index in [0.29, 0.717) is 0 Å². The predicted octanol–water partition coefficient (Wildman–Crippen LogP) is -1.83. The smallest absolute Gasteiger partial charge is 0.404 e. The number of hydrogen-bond acceptors (Lipinski definition) is 9. The monoisotopic (exact) mass is 338 g/mol. The summed E-state index contributed by atoms with van der Waals surface area (Å²) in [5, 5.41) is 0. The van der Waals surface area contributed by atoms with Gasteiger partial charge in [0.1, 0.15) is 38.6 Å². The zero-order valence-electron chi connectivity index (χ0n) is 12.0.